The highest BCUT2D eigenvalue weighted by atomic mass is 16.7. The van der Waals surface area contributed by atoms with E-state index in [4.69, 9.17) is 9.57 Å². The number of nitro groups is 1. The van der Waals surface area contributed by atoms with Crippen LogP contribution in [-0.4, -0.2) is 44.8 Å². The van der Waals surface area contributed by atoms with E-state index in [1.807, 2.05) is 6.92 Å². The monoisotopic (exact) mass is 426 g/mol. The number of nitrogens with zero attached hydrogens (tertiary/aromatic N) is 2. The van der Waals surface area contributed by atoms with Crippen molar-refractivity contribution in [3.63, 3.8) is 0 Å². The number of hydrogen-bond acceptors (Lipinski definition) is 8. The van der Waals surface area contributed by atoms with Gasteiger partial charge >= 0.3 is 5.97 Å². The number of oxime groups is 1. The van der Waals surface area contributed by atoms with E-state index < -0.39 is 39.5 Å². The molecule has 9 nitrogen and oxygen atoms in total. The number of aliphatic hydroxyl groups is 1. The minimum atomic E-state index is -1.41. The smallest absolute Gasteiger partial charge is 0.354 e. The first-order valence-electron chi connectivity index (χ1n) is 10.3. The Balaban J connectivity index is 1.49. The van der Waals surface area contributed by atoms with E-state index >= 15 is 0 Å². The van der Waals surface area contributed by atoms with Crippen molar-refractivity contribution >= 4 is 23.2 Å². The van der Waals surface area contributed by atoms with Gasteiger partial charge < -0.3 is 14.7 Å². The quantitative estimate of drug-likeness (QED) is 0.436. The maximum absolute atomic E-state index is 13.1. The molecule has 162 valence electrons. The summed E-state index contributed by atoms with van der Waals surface area (Å²) in [7, 11) is 0. The fourth-order valence-electron chi connectivity index (χ4n) is 5.73. The molecule has 9 heteroatoms. The Kier molecular flexibility index (Phi) is 3.99. The van der Waals surface area contributed by atoms with Gasteiger partial charge in [-0.05, 0) is 55.5 Å². The number of ketones is 1. The molecule has 0 amide bonds. The fourth-order valence-corrected chi connectivity index (χ4v) is 5.73. The number of fused-ring (bicyclic) bond motifs is 4. The largest absolute Gasteiger partial charge is 0.458 e. The number of nitro benzene ring substituents is 1. The van der Waals surface area contributed by atoms with E-state index in [-0.39, 0.29) is 23.8 Å². The van der Waals surface area contributed by atoms with Crippen molar-refractivity contribution in [2.75, 3.05) is 0 Å². The molecule has 1 spiro atoms. The van der Waals surface area contributed by atoms with Crippen LogP contribution in [-0.2, 0) is 19.2 Å². The SMILES string of the molecule is C[C@H]1CCC2C(OC(=O)C23CC(c2ccc([N+](=O)[O-])cc2)=NO3)[C@]2(C)C(=O)C=C[C@@]12O. The molecule has 2 aliphatic heterocycles. The first-order chi connectivity index (χ1) is 14.6. The van der Waals surface area contributed by atoms with Crippen LogP contribution in [0.15, 0.2) is 41.6 Å². The summed E-state index contributed by atoms with van der Waals surface area (Å²) in [5, 5.41) is 26.5. The normalized spacial score (nSPS) is 40.7. The van der Waals surface area contributed by atoms with Crippen LogP contribution >= 0.6 is 0 Å². The highest BCUT2D eigenvalue weighted by Gasteiger charge is 2.73. The van der Waals surface area contributed by atoms with Gasteiger partial charge in [0.2, 0.25) is 5.60 Å². The van der Waals surface area contributed by atoms with Gasteiger partial charge in [0, 0.05) is 18.6 Å². The van der Waals surface area contributed by atoms with Crippen molar-refractivity contribution in [2.45, 2.75) is 50.4 Å². The molecule has 0 radical (unpaired) electrons. The molecule has 2 heterocycles. The molecule has 31 heavy (non-hydrogen) atoms. The van der Waals surface area contributed by atoms with E-state index in [2.05, 4.69) is 5.16 Å². The number of hydrogen-bond donors (Lipinski definition) is 1. The molecule has 6 atom stereocenters. The van der Waals surface area contributed by atoms with Gasteiger partial charge in [-0.2, -0.15) is 0 Å². The van der Waals surface area contributed by atoms with Crippen molar-refractivity contribution in [1.29, 1.82) is 0 Å². The van der Waals surface area contributed by atoms with Crippen molar-refractivity contribution < 1.29 is 29.2 Å². The van der Waals surface area contributed by atoms with Crippen molar-refractivity contribution in [1.82, 2.24) is 0 Å². The zero-order valence-electron chi connectivity index (χ0n) is 17.1. The number of carbonyl (C=O) groups excluding carboxylic acids is 2. The Morgan fingerprint density at radius 1 is 1.23 bits per heavy atom. The number of allylic oxidation sites excluding steroid dienone is 1. The van der Waals surface area contributed by atoms with E-state index in [0.717, 1.165) is 0 Å². The number of benzene rings is 1. The second kappa shape index (κ2) is 6.23. The second-order valence-corrected chi connectivity index (χ2v) is 9.14. The Bertz CT molecular complexity index is 1060. The highest BCUT2D eigenvalue weighted by Crippen LogP contribution is 2.59. The topological polar surface area (TPSA) is 128 Å². The van der Waals surface area contributed by atoms with Gasteiger partial charge in [0.15, 0.2) is 5.78 Å². The molecule has 0 bridgehead atoms. The van der Waals surface area contributed by atoms with Crippen LogP contribution in [0.5, 0.6) is 0 Å². The molecule has 5 rings (SSSR count). The van der Waals surface area contributed by atoms with Crippen molar-refractivity contribution in [2.24, 2.45) is 22.4 Å². The molecule has 4 aliphatic rings. The van der Waals surface area contributed by atoms with Gasteiger partial charge in [0.05, 0.1) is 16.6 Å². The minimum Gasteiger partial charge on any atom is -0.458 e. The molecule has 1 N–H and O–H groups in total. The molecule has 1 aromatic carbocycles. The second-order valence-electron chi connectivity index (χ2n) is 9.14. The zero-order valence-corrected chi connectivity index (χ0v) is 17.1. The number of ether oxygens (including phenoxy) is 1. The van der Waals surface area contributed by atoms with Crippen LogP contribution in [0.2, 0.25) is 0 Å². The van der Waals surface area contributed by atoms with Crippen LogP contribution in [0.1, 0.15) is 38.7 Å². The van der Waals surface area contributed by atoms with E-state index in [1.165, 1.54) is 24.3 Å². The standard InChI is InChI=1S/C22H22N2O7/c1-12-3-8-15-18(20(2)17(25)9-10-22(12,20)27)30-19(26)21(15)11-16(23-31-21)13-4-6-14(7-5-13)24(28)29/h4-7,9-10,12,15,18,27H,3,8,11H2,1-2H3/t12-,15?,18?,20-,21?,22+/m0/s1. The zero-order chi connectivity index (χ0) is 22.2. The van der Waals surface area contributed by atoms with Crippen LogP contribution in [0.4, 0.5) is 5.69 Å². The summed E-state index contributed by atoms with van der Waals surface area (Å²) >= 11 is 0. The molecule has 1 aromatic rings. The van der Waals surface area contributed by atoms with Crippen LogP contribution < -0.4 is 0 Å². The Morgan fingerprint density at radius 3 is 2.61 bits per heavy atom. The summed E-state index contributed by atoms with van der Waals surface area (Å²) in [5.41, 5.74) is -3.03. The number of carbonyl (C=O) groups is 2. The minimum absolute atomic E-state index is 0.0458. The third-order valence-corrected chi connectivity index (χ3v) is 7.77. The predicted molar refractivity (Wildman–Crippen MR) is 107 cm³/mol. The lowest BCUT2D eigenvalue weighted by molar-refractivity contribution is -0.384. The van der Waals surface area contributed by atoms with Gasteiger partial charge in [0.25, 0.3) is 5.69 Å². The summed E-state index contributed by atoms with van der Waals surface area (Å²) in [6, 6.07) is 5.87. The van der Waals surface area contributed by atoms with Gasteiger partial charge in [-0.25, -0.2) is 4.79 Å². The summed E-state index contributed by atoms with van der Waals surface area (Å²) in [6.45, 7) is 3.55. The summed E-state index contributed by atoms with van der Waals surface area (Å²) in [5.74, 6) is -1.54. The third kappa shape index (κ3) is 2.38. The van der Waals surface area contributed by atoms with Gasteiger partial charge in [-0.1, -0.05) is 12.1 Å². The molecule has 2 fully saturated rings. The lowest BCUT2D eigenvalue weighted by Crippen LogP contribution is -2.57. The molecular formula is C22H22N2O7. The Labute approximate surface area is 177 Å². The first kappa shape index (κ1) is 19.9. The maximum atomic E-state index is 13.1. The number of rotatable bonds is 2. The number of non-ortho nitro benzene ring substituents is 1. The fraction of sp³-hybridized carbons (Fsp3) is 0.500. The van der Waals surface area contributed by atoms with Crippen LogP contribution in [0.25, 0.3) is 0 Å². The lowest BCUT2D eigenvalue weighted by Gasteiger charge is -2.43. The average molecular weight is 426 g/mol. The predicted octanol–water partition coefficient (Wildman–Crippen LogP) is 2.31. The molecule has 2 aliphatic carbocycles. The first-order valence-corrected chi connectivity index (χ1v) is 10.3. The molecule has 0 aromatic heterocycles. The van der Waals surface area contributed by atoms with Crippen molar-refractivity contribution in [3.05, 3.63) is 52.1 Å². The van der Waals surface area contributed by atoms with E-state index in [1.54, 1.807) is 19.1 Å². The molecule has 1 saturated carbocycles. The summed E-state index contributed by atoms with van der Waals surface area (Å²) < 4.78 is 5.77. The highest BCUT2D eigenvalue weighted by molar-refractivity contribution is 6.06. The molecular weight excluding hydrogens is 404 g/mol. The Morgan fingerprint density at radius 2 is 1.94 bits per heavy atom. The summed E-state index contributed by atoms with van der Waals surface area (Å²) in [6.07, 6.45) is 3.32. The van der Waals surface area contributed by atoms with E-state index in [9.17, 15) is 24.8 Å². The molecule has 1 saturated heterocycles. The van der Waals surface area contributed by atoms with Gasteiger partial charge in [-0.3, -0.25) is 14.9 Å². The third-order valence-electron chi connectivity index (χ3n) is 7.77. The maximum Gasteiger partial charge on any atom is 0.354 e. The van der Waals surface area contributed by atoms with E-state index in [0.29, 0.717) is 24.1 Å². The van der Waals surface area contributed by atoms with Crippen molar-refractivity contribution in [3.8, 4) is 0 Å². The lowest BCUT2D eigenvalue weighted by atomic mass is 9.63. The van der Waals surface area contributed by atoms with Crippen LogP contribution in [0.3, 0.4) is 0 Å². The van der Waals surface area contributed by atoms with Gasteiger partial charge in [-0.15, -0.1) is 0 Å². The number of esters is 1. The molecule has 3 unspecified atom stereocenters. The Hall–Kier alpha value is -3.07. The van der Waals surface area contributed by atoms with Gasteiger partial charge in [0.1, 0.15) is 17.1 Å². The van der Waals surface area contributed by atoms with Crippen LogP contribution in [0, 0.1) is 27.4 Å². The average Bonchev–Trinajstić information content (AvgIpc) is 3.37. The summed E-state index contributed by atoms with van der Waals surface area (Å²) in [4.78, 5) is 42.2.